The lowest BCUT2D eigenvalue weighted by Gasteiger charge is -2.14. The van der Waals surface area contributed by atoms with Crippen molar-refractivity contribution in [3.8, 4) is 5.88 Å². The van der Waals surface area contributed by atoms with Gasteiger partial charge in [0.1, 0.15) is 18.9 Å². The molecule has 1 aromatic carbocycles. The van der Waals surface area contributed by atoms with Gasteiger partial charge in [0.05, 0.1) is 11.7 Å². The highest BCUT2D eigenvalue weighted by atomic mass is 32.1. The molecule has 2 rings (SSSR count). The fourth-order valence-electron chi connectivity index (χ4n) is 1.46. The number of nitrogens with zero attached hydrogens (tertiary/aromatic N) is 2. The number of ether oxygens (including phenoxy) is 1. The van der Waals surface area contributed by atoms with Crippen molar-refractivity contribution in [3.05, 3.63) is 36.0 Å². The van der Waals surface area contributed by atoms with E-state index in [1.165, 1.54) is 6.20 Å². The van der Waals surface area contributed by atoms with E-state index in [0.717, 1.165) is 23.0 Å². The van der Waals surface area contributed by atoms with E-state index in [2.05, 4.69) is 14.1 Å². The molecule has 2 N–H and O–H groups in total. The third-order valence-corrected chi connectivity index (χ3v) is 2.90. The molecule has 18 heavy (non-hydrogen) atoms. The smallest absolute Gasteiger partial charge is 0.245 e. The summed E-state index contributed by atoms with van der Waals surface area (Å²) >= 11 is 1.08. The summed E-state index contributed by atoms with van der Waals surface area (Å²) in [6.07, 6.45) is 0.943. The molecule has 0 aliphatic heterocycles. The Balaban J connectivity index is 1.75. The quantitative estimate of drug-likeness (QED) is 0.832. The van der Waals surface area contributed by atoms with Gasteiger partial charge in [-0.2, -0.15) is 4.37 Å². The number of para-hydroxylation sites is 1. The first-order valence-electron chi connectivity index (χ1n) is 5.63. The van der Waals surface area contributed by atoms with Crippen LogP contribution < -0.4 is 10.1 Å². The van der Waals surface area contributed by atoms with E-state index in [-0.39, 0.29) is 6.61 Å². The molecule has 6 heteroatoms. The van der Waals surface area contributed by atoms with Crippen LogP contribution in [0.4, 0.5) is 5.69 Å². The van der Waals surface area contributed by atoms with Crippen molar-refractivity contribution in [2.24, 2.45) is 0 Å². The molecule has 0 fully saturated rings. The van der Waals surface area contributed by atoms with Crippen LogP contribution in [-0.2, 0) is 0 Å². The van der Waals surface area contributed by atoms with Crippen molar-refractivity contribution in [1.82, 2.24) is 8.75 Å². The van der Waals surface area contributed by atoms with Crippen LogP contribution in [0.15, 0.2) is 30.5 Å². The molecular formula is C12H15N3O2S. The Morgan fingerprint density at radius 3 is 3.00 bits per heavy atom. The molecule has 0 aliphatic rings. The summed E-state index contributed by atoms with van der Waals surface area (Å²) < 4.78 is 13.0. The summed E-state index contributed by atoms with van der Waals surface area (Å²) in [5.74, 6) is 0.454. The Kier molecular flexibility index (Phi) is 4.49. The maximum absolute atomic E-state index is 9.77. The zero-order valence-corrected chi connectivity index (χ0v) is 10.9. The monoisotopic (exact) mass is 265 g/mol. The van der Waals surface area contributed by atoms with Gasteiger partial charge in [0.2, 0.25) is 5.88 Å². The first-order chi connectivity index (χ1) is 8.75. The van der Waals surface area contributed by atoms with Crippen LogP contribution in [0.2, 0.25) is 0 Å². The van der Waals surface area contributed by atoms with Crippen LogP contribution in [0.3, 0.4) is 0 Å². The Morgan fingerprint density at radius 1 is 1.44 bits per heavy atom. The minimum absolute atomic E-state index is 0.199. The Morgan fingerprint density at radius 2 is 2.28 bits per heavy atom. The van der Waals surface area contributed by atoms with Crippen LogP contribution >= 0.6 is 11.7 Å². The molecule has 1 atom stereocenters. The number of aromatic nitrogens is 2. The molecule has 0 radical (unpaired) electrons. The predicted octanol–water partition coefficient (Wildman–Crippen LogP) is 1.70. The van der Waals surface area contributed by atoms with Crippen molar-refractivity contribution in [3.63, 3.8) is 0 Å². The second-order valence-electron chi connectivity index (χ2n) is 3.91. The van der Waals surface area contributed by atoms with Gasteiger partial charge in [-0.3, -0.25) is 0 Å². The number of benzene rings is 1. The van der Waals surface area contributed by atoms with Crippen molar-refractivity contribution >= 4 is 17.4 Å². The zero-order valence-electron chi connectivity index (χ0n) is 10.0. The number of aryl methyl sites for hydroxylation is 1. The van der Waals surface area contributed by atoms with E-state index >= 15 is 0 Å². The largest absolute Gasteiger partial charge is 0.473 e. The molecule has 0 saturated heterocycles. The summed E-state index contributed by atoms with van der Waals surface area (Å²) in [5.41, 5.74) is 2.17. The van der Waals surface area contributed by atoms with Crippen LogP contribution in [0, 0.1) is 6.92 Å². The Labute approximate surface area is 110 Å². The molecule has 0 amide bonds. The average Bonchev–Trinajstić information content (AvgIpc) is 2.88. The molecule has 0 spiro atoms. The third-order valence-electron chi connectivity index (χ3n) is 2.44. The molecule has 0 aliphatic carbocycles. The molecule has 2 aromatic rings. The van der Waals surface area contributed by atoms with Gasteiger partial charge in [0.25, 0.3) is 0 Å². The molecule has 1 unspecified atom stereocenters. The topological polar surface area (TPSA) is 67.3 Å². The third kappa shape index (κ3) is 3.68. The fraction of sp³-hybridized carbons (Fsp3) is 0.333. The summed E-state index contributed by atoms with van der Waals surface area (Å²) in [6.45, 7) is 2.65. The lowest BCUT2D eigenvalue weighted by molar-refractivity contribution is 0.115. The van der Waals surface area contributed by atoms with Gasteiger partial charge in [0, 0.05) is 12.2 Å². The van der Waals surface area contributed by atoms with Gasteiger partial charge in [-0.25, -0.2) is 0 Å². The molecule has 1 heterocycles. The van der Waals surface area contributed by atoms with Gasteiger partial charge in [0.15, 0.2) is 0 Å². The van der Waals surface area contributed by atoms with E-state index in [1.807, 2.05) is 31.2 Å². The van der Waals surface area contributed by atoms with E-state index in [0.29, 0.717) is 12.4 Å². The average molecular weight is 265 g/mol. The lowest BCUT2D eigenvalue weighted by atomic mass is 10.2. The molecule has 5 nitrogen and oxygen atoms in total. The number of rotatable bonds is 6. The number of nitrogens with one attached hydrogen (secondary N) is 1. The van der Waals surface area contributed by atoms with E-state index < -0.39 is 6.10 Å². The maximum Gasteiger partial charge on any atom is 0.245 e. The van der Waals surface area contributed by atoms with Gasteiger partial charge < -0.3 is 15.2 Å². The van der Waals surface area contributed by atoms with E-state index in [4.69, 9.17) is 4.74 Å². The number of aliphatic hydroxyl groups excluding tert-OH is 1. The normalized spacial score (nSPS) is 12.1. The highest BCUT2D eigenvalue weighted by Gasteiger charge is 2.07. The van der Waals surface area contributed by atoms with Crippen molar-refractivity contribution in [2.75, 3.05) is 18.5 Å². The standard InChI is InChI=1S/C12H15N3O2S/c1-9-4-2-3-5-11(9)13-6-10(16)8-17-12-7-14-18-15-12/h2-5,7,10,13,16H,6,8H2,1H3. The van der Waals surface area contributed by atoms with E-state index in [1.54, 1.807) is 0 Å². The summed E-state index contributed by atoms with van der Waals surface area (Å²) in [4.78, 5) is 0. The highest BCUT2D eigenvalue weighted by Crippen LogP contribution is 2.13. The Hall–Kier alpha value is -1.66. The predicted molar refractivity (Wildman–Crippen MR) is 71.1 cm³/mol. The second-order valence-corrected chi connectivity index (χ2v) is 4.46. The summed E-state index contributed by atoms with van der Waals surface area (Å²) in [6, 6.07) is 7.94. The minimum Gasteiger partial charge on any atom is -0.473 e. The first-order valence-corrected chi connectivity index (χ1v) is 6.36. The maximum atomic E-state index is 9.77. The van der Waals surface area contributed by atoms with Crippen molar-refractivity contribution < 1.29 is 9.84 Å². The number of hydrogen-bond acceptors (Lipinski definition) is 6. The molecule has 96 valence electrons. The Bertz CT molecular complexity index is 476. The molecular weight excluding hydrogens is 250 g/mol. The highest BCUT2D eigenvalue weighted by molar-refractivity contribution is 6.99. The lowest BCUT2D eigenvalue weighted by Crippen LogP contribution is -2.26. The first kappa shape index (κ1) is 12.8. The van der Waals surface area contributed by atoms with Gasteiger partial charge >= 0.3 is 0 Å². The van der Waals surface area contributed by atoms with Crippen LogP contribution in [0.25, 0.3) is 0 Å². The van der Waals surface area contributed by atoms with Crippen LogP contribution in [-0.4, -0.2) is 33.1 Å². The van der Waals surface area contributed by atoms with E-state index in [9.17, 15) is 5.11 Å². The van der Waals surface area contributed by atoms with Crippen LogP contribution in [0.5, 0.6) is 5.88 Å². The SMILES string of the molecule is Cc1ccccc1NCC(O)COc1cnsn1. The fourth-order valence-corrected chi connectivity index (χ4v) is 1.82. The van der Waals surface area contributed by atoms with Crippen molar-refractivity contribution in [1.29, 1.82) is 0 Å². The number of hydrogen-bond donors (Lipinski definition) is 2. The molecule has 0 bridgehead atoms. The minimum atomic E-state index is -0.591. The molecule has 0 saturated carbocycles. The summed E-state index contributed by atoms with van der Waals surface area (Å²) in [5, 5.41) is 12.9. The number of anilines is 1. The number of aliphatic hydroxyl groups is 1. The zero-order chi connectivity index (χ0) is 12.8. The molecule has 1 aromatic heterocycles. The van der Waals surface area contributed by atoms with Crippen LogP contribution in [0.1, 0.15) is 5.56 Å². The van der Waals surface area contributed by atoms with Gasteiger partial charge in [-0.1, -0.05) is 18.2 Å². The summed E-state index contributed by atoms with van der Waals surface area (Å²) in [7, 11) is 0. The second kappa shape index (κ2) is 6.32. The van der Waals surface area contributed by atoms with Gasteiger partial charge in [-0.05, 0) is 18.6 Å². The van der Waals surface area contributed by atoms with Crippen molar-refractivity contribution in [2.45, 2.75) is 13.0 Å². The van der Waals surface area contributed by atoms with Gasteiger partial charge in [-0.15, -0.1) is 4.37 Å².